The lowest BCUT2D eigenvalue weighted by Gasteiger charge is -2.08. The van der Waals surface area contributed by atoms with Gasteiger partial charge in [-0.05, 0) is 13.3 Å². The molecule has 1 atom stereocenters. The Balaban J connectivity index is 2.41. The predicted molar refractivity (Wildman–Crippen MR) is 56.1 cm³/mol. The molecule has 3 N–H and O–H groups in total. The number of nitrogens with two attached hydrogens (primary N) is 1. The maximum Gasteiger partial charge on any atom is 0.190 e. The summed E-state index contributed by atoms with van der Waals surface area (Å²) < 4.78 is 1.93. The van der Waals surface area contributed by atoms with E-state index in [1.807, 2.05) is 18.5 Å². The van der Waals surface area contributed by atoms with Gasteiger partial charge < -0.3 is 15.4 Å². The van der Waals surface area contributed by atoms with Gasteiger partial charge >= 0.3 is 0 Å². The van der Waals surface area contributed by atoms with Crippen LogP contribution in [0.15, 0.2) is 5.16 Å². The van der Waals surface area contributed by atoms with Gasteiger partial charge in [-0.15, -0.1) is 10.2 Å². The number of hydrogen-bond acceptors (Lipinski definition) is 5. The molecule has 0 aliphatic heterocycles. The Morgan fingerprint density at radius 1 is 1.57 bits per heavy atom. The van der Waals surface area contributed by atoms with Crippen molar-refractivity contribution in [1.29, 1.82) is 0 Å². The molecule has 0 bridgehead atoms. The number of hydrogen-bond donors (Lipinski definition) is 2. The van der Waals surface area contributed by atoms with E-state index >= 15 is 0 Å². The second-order valence-electron chi connectivity index (χ2n) is 3.17. The summed E-state index contributed by atoms with van der Waals surface area (Å²) in [6, 6.07) is 0.0157. The Bertz CT molecular complexity index is 289. The van der Waals surface area contributed by atoms with Crippen molar-refractivity contribution in [3.05, 3.63) is 5.82 Å². The van der Waals surface area contributed by atoms with E-state index in [0.717, 1.165) is 16.7 Å². The molecule has 0 fully saturated rings. The van der Waals surface area contributed by atoms with Gasteiger partial charge in [0.25, 0.3) is 0 Å². The zero-order chi connectivity index (χ0) is 10.6. The molecule has 0 radical (unpaired) electrons. The molecule has 0 spiro atoms. The molecule has 5 nitrogen and oxygen atoms in total. The van der Waals surface area contributed by atoms with Crippen LogP contribution >= 0.6 is 11.8 Å². The maximum atomic E-state index is 8.67. The molecular weight excluding hydrogens is 200 g/mol. The van der Waals surface area contributed by atoms with Crippen LogP contribution in [0, 0.1) is 6.92 Å². The third-order valence-corrected chi connectivity index (χ3v) is 3.19. The smallest absolute Gasteiger partial charge is 0.190 e. The quantitative estimate of drug-likeness (QED) is 0.673. The molecule has 0 saturated heterocycles. The molecular formula is C8H16N4OS. The van der Waals surface area contributed by atoms with Gasteiger partial charge in [-0.25, -0.2) is 0 Å². The van der Waals surface area contributed by atoms with Gasteiger partial charge in [0.1, 0.15) is 5.82 Å². The van der Waals surface area contributed by atoms with Crippen molar-refractivity contribution >= 4 is 11.8 Å². The summed E-state index contributed by atoms with van der Waals surface area (Å²) in [5.74, 6) is 1.65. The second kappa shape index (κ2) is 5.33. The Morgan fingerprint density at radius 3 is 2.79 bits per heavy atom. The lowest BCUT2D eigenvalue weighted by Crippen LogP contribution is -2.24. The molecule has 1 aromatic heterocycles. The first-order valence-corrected chi connectivity index (χ1v) is 5.49. The summed E-state index contributed by atoms with van der Waals surface area (Å²) in [6.07, 6.45) is 0.629. The van der Waals surface area contributed by atoms with Crippen LogP contribution in [0.4, 0.5) is 0 Å². The Kier molecular flexibility index (Phi) is 4.37. The first-order chi connectivity index (χ1) is 6.65. The lowest BCUT2D eigenvalue weighted by molar-refractivity contribution is 0.279. The number of rotatable bonds is 5. The van der Waals surface area contributed by atoms with Crippen LogP contribution in [0.3, 0.4) is 0 Å². The third-order valence-electron chi connectivity index (χ3n) is 1.98. The fourth-order valence-corrected chi connectivity index (χ4v) is 1.90. The summed E-state index contributed by atoms with van der Waals surface area (Å²) >= 11 is 1.57. The topological polar surface area (TPSA) is 77.0 Å². The molecule has 80 valence electrons. The third kappa shape index (κ3) is 2.97. The predicted octanol–water partition coefficient (Wildman–Crippen LogP) is -0.0747. The number of aliphatic hydroxyl groups is 1. The molecule has 6 heteroatoms. The number of aryl methyl sites for hydroxylation is 1. The molecule has 1 unspecified atom stereocenters. The van der Waals surface area contributed by atoms with E-state index in [9.17, 15) is 0 Å². The van der Waals surface area contributed by atoms with Crippen LogP contribution in [-0.2, 0) is 7.05 Å². The first-order valence-electron chi connectivity index (χ1n) is 4.50. The van der Waals surface area contributed by atoms with Crippen molar-refractivity contribution in [3.63, 3.8) is 0 Å². The van der Waals surface area contributed by atoms with Crippen LogP contribution in [0.1, 0.15) is 12.2 Å². The normalized spacial score (nSPS) is 13.1. The molecule has 0 aromatic carbocycles. The van der Waals surface area contributed by atoms with Gasteiger partial charge in [-0.2, -0.15) is 0 Å². The van der Waals surface area contributed by atoms with Gasteiger partial charge in [0.15, 0.2) is 5.16 Å². The van der Waals surface area contributed by atoms with Gasteiger partial charge in [-0.1, -0.05) is 11.8 Å². The summed E-state index contributed by atoms with van der Waals surface area (Å²) in [6.45, 7) is 2.05. The van der Waals surface area contributed by atoms with E-state index in [1.54, 1.807) is 11.8 Å². The zero-order valence-electron chi connectivity index (χ0n) is 8.47. The minimum atomic E-state index is 0.0157. The molecule has 1 heterocycles. The van der Waals surface area contributed by atoms with Crippen LogP contribution in [0.2, 0.25) is 0 Å². The average Bonchev–Trinajstić information content (AvgIpc) is 2.46. The molecule has 0 saturated carbocycles. The molecule has 0 amide bonds. The van der Waals surface area contributed by atoms with E-state index < -0.39 is 0 Å². The molecule has 14 heavy (non-hydrogen) atoms. The minimum Gasteiger partial charge on any atom is -0.396 e. The number of aromatic nitrogens is 3. The highest BCUT2D eigenvalue weighted by Gasteiger charge is 2.08. The number of aliphatic hydroxyl groups excluding tert-OH is 1. The summed E-state index contributed by atoms with van der Waals surface area (Å²) in [5.41, 5.74) is 5.75. The Hall–Kier alpha value is -0.590. The van der Waals surface area contributed by atoms with Crippen LogP contribution in [-0.4, -0.2) is 38.3 Å². The molecule has 1 aromatic rings. The largest absolute Gasteiger partial charge is 0.396 e. The highest BCUT2D eigenvalue weighted by Crippen LogP contribution is 2.16. The van der Waals surface area contributed by atoms with E-state index in [2.05, 4.69) is 10.2 Å². The van der Waals surface area contributed by atoms with Crippen LogP contribution in [0.5, 0.6) is 0 Å². The Labute approximate surface area is 87.7 Å². The van der Waals surface area contributed by atoms with Crippen molar-refractivity contribution in [1.82, 2.24) is 14.8 Å². The van der Waals surface area contributed by atoms with Gasteiger partial charge in [0.05, 0.1) is 0 Å². The highest BCUT2D eigenvalue weighted by atomic mass is 32.2. The molecule has 0 aliphatic carbocycles. The van der Waals surface area contributed by atoms with E-state index in [1.165, 1.54) is 0 Å². The van der Waals surface area contributed by atoms with Crippen LogP contribution in [0.25, 0.3) is 0 Å². The summed E-state index contributed by atoms with van der Waals surface area (Å²) in [7, 11) is 1.93. The van der Waals surface area contributed by atoms with Crippen molar-refractivity contribution in [2.45, 2.75) is 24.5 Å². The zero-order valence-corrected chi connectivity index (χ0v) is 9.29. The minimum absolute atomic E-state index is 0.0157. The number of thioether (sulfide) groups is 1. The second-order valence-corrected chi connectivity index (χ2v) is 4.16. The number of nitrogens with zero attached hydrogens (tertiary/aromatic N) is 3. The van der Waals surface area contributed by atoms with Crippen molar-refractivity contribution in [3.8, 4) is 0 Å². The van der Waals surface area contributed by atoms with Crippen molar-refractivity contribution < 1.29 is 5.11 Å². The lowest BCUT2D eigenvalue weighted by atomic mass is 10.3. The van der Waals surface area contributed by atoms with Gasteiger partial charge in [0.2, 0.25) is 0 Å². The fourth-order valence-electron chi connectivity index (χ4n) is 0.944. The fraction of sp³-hybridized carbons (Fsp3) is 0.750. The monoisotopic (exact) mass is 216 g/mol. The van der Waals surface area contributed by atoms with Crippen molar-refractivity contribution in [2.75, 3.05) is 12.4 Å². The van der Waals surface area contributed by atoms with Gasteiger partial charge in [-0.3, -0.25) is 0 Å². The van der Waals surface area contributed by atoms with Crippen molar-refractivity contribution in [2.24, 2.45) is 12.8 Å². The standard InChI is InChI=1S/C8H16N4OS/c1-6-10-11-8(12(6)2)14-5-7(9)3-4-13/h7,13H,3-5,9H2,1-2H3. The average molecular weight is 216 g/mol. The summed E-state index contributed by atoms with van der Waals surface area (Å²) in [4.78, 5) is 0. The molecule has 0 aliphatic rings. The highest BCUT2D eigenvalue weighted by molar-refractivity contribution is 7.99. The Morgan fingerprint density at radius 2 is 2.29 bits per heavy atom. The maximum absolute atomic E-state index is 8.67. The van der Waals surface area contributed by atoms with E-state index in [-0.39, 0.29) is 12.6 Å². The van der Waals surface area contributed by atoms with E-state index in [4.69, 9.17) is 10.8 Å². The van der Waals surface area contributed by atoms with Gasteiger partial charge in [0, 0.05) is 25.4 Å². The molecule has 1 rings (SSSR count). The summed E-state index contributed by atoms with van der Waals surface area (Å²) in [5, 5.41) is 17.5. The van der Waals surface area contributed by atoms with E-state index in [0.29, 0.717) is 6.42 Å². The SMILES string of the molecule is Cc1nnc(SCC(N)CCO)n1C. The first kappa shape index (κ1) is 11.5. The van der Waals surface area contributed by atoms with Crippen LogP contribution < -0.4 is 5.73 Å².